The number of nitrogens with zero attached hydrogens (tertiary/aromatic N) is 5. The molecule has 2 aliphatic heterocycles. The Kier molecular flexibility index (Phi) is 13.7. The zero-order valence-electron chi connectivity index (χ0n) is 33.7. The Labute approximate surface area is 361 Å². The second-order valence-electron chi connectivity index (χ2n) is 14.2. The first-order valence-electron chi connectivity index (χ1n) is 19.7. The van der Waals surface area contributed by atoms with Crippen molar-refractivity contribution >= 4 is 52.6 Å². The van der Waals surface area contributed by atoms with Crippen molar-refractivity contribution in [2.45, 2.75) is 31.6 Å². The molecule has 5 heterocycles. The van der Waals surface area contributed by atoms with E-state index in [0.29, 0.717) is 34.7 Å². The highest BCUT2D eigenvalue weighted by molar-refractivity contribution is 6.25. The highest BCUT2D eigenvalue weighted by Crippen LogP contribution is 2.32. The summed E-state index contributed by atoms with van der Waals surface area (Å²) < 4.78 is 55.9. The number of nitrogens with one attached hydrogen (secondary N) is 5. The number of hydrogen-bond donors (Lipinski definition) is 6. The summed E-state index contributed by atoms with van der Waals surface area (Å²) in [6.45, 7) is 0.187. The minimum absolute atomic E-state index is 0.0134. The van der Waals surface area contributed by atoms with Gasteiger partial charge in [-0.3, -0.25) is 39.0 Å². The number of halogens is 3. The van der Waals surface area contributed by atoms with E-state index in [4.69, 9.17) is 19.6 Å². The van der Waals surface area contributed by atoms with E-state index in [2.05, 4.69) is 41.7 Å². The van der Waals surface area contributed by atoms with E-state index in [0.717, 1.165) is 11.2 Å². The fourth-order valence-corrected chi connectivity index (χ4v) is 6.69. The van der Waals surface area contributed by atoms with E-state index in [1.165, 1.54) is 35.3 Å². The van der Waals surface area contributed by atoms with Crippen molar-refractivity contribution in [3.8, 4) is 17.1 Å². The number of nitrogens with two attached hydrogens (primary N) is 1. The average molecular weight is 888 g/mol. The molecular formula is C41H40F3N11O9. The number of rotatable bonds is 19. The number of anilines is 3. The third-order valence-electron chi connectivity index (χ3n) is 9.77. The fourth-order valence-electron chi connectivity index (χ4n) is 6.69. The molecule has 1 unspecified atom stereocenters. The molecule has 5 aromatic rings. The molecule has 0 spiro atoms. The van der Waals surface area contributed by atoms with Crippen molar-refractivity contribution in [1.29, 1.82) is 0 Å². The van der Waals surface area contributed by atoms with Crippen LogP contribution in [-0.2, 0) is 25.6 Å². The van der Waals surface area contributed by atoms with Gasteiger partial charge in [-0.1, -0.05) is 6.07 Å². The molecule has 3 aromatic heterocycles. The number of benzene rings is 2. The van der Waals surface area contributed by atoms with Crippen molar-refractivity contribution in [2.75, 3.05) is 62.0 Å². The van der Waals surface area contributed by atoms with Crippen molar-refractivity contribution in [3.63, 3.8) is 0 Å². The van der Waals surface area contributed by atoms with Crippen LogP contribution >= 0.6 is 0 Å². The first kappa shape index (κ1) is 44.6. The van der Waals surface area contributed by atoms with E-state index < -0.39 is 48.3 Å². The van der Waals surface area contributed by atoms with Crippen LogP contribution in [0.1, 0.15) is 60.1 Å². The Morgan fingerprint density at radius 1 is 0.922 bits per heavy atom. The molecule has 6 amide bonds. The van der Waals surface area contributed by atoms with E-state index in [-0.39, 0.29) is 92.5 Å². The number of oxazole rings is 1. The zero-order chi connectivity index (χ0) is 45.4. The molecule has 1 saturated heterocycles. The predicted octanol–water partition coefficient (Wildman–Crippen LogP) is 2.88. The van der Waals surface area contributed by atoms with Crippen LogP contribution in [0.15, 0.2) is 77.7 Å². The summed E-state index contributed by atoms with van der Waals surface area (Å²) in [6.07, 6.45) is -0.434. The lowest BCUT2D eigenvalue weighted by molar-refractivity contribution is -0.136. The summed E-state index contributed by atoms with van der Waals surface area (Å²) in [6, 6.07) is 13.0. The molecule has 0 saturated carbocycles. The normalized spacial score (nSPS) is 14.9. The van der Waals surface area contributed by atoms with Gasteiger partial charge in [-0.05, 0) is 55.0 Å². The summed E-state index contributed by atoms with van der Waals surface area (Å²) >= 11 is 0. The number of pyridine rings is 1. The van der Waals surface area contributed by atoms with Crippen LogP contribution < -0.4 is 32.3 Å². The van der Waals surface area contributed by atoms with Gasteiger partial charge in [0.1, 0.15) is 24.7 Å². The number of ether oxygens (including phenoxy) is 2. The molecule has 0 aliphatic carbocycles. The van der Waals surface area contributed by atoms with Crippen LogP contribution in [-0.4, -0.2) is 118 Å². The molecular weight excluding hydrogens is 848 g/mol. The highest BCUT2D eigenvalue weighted by Gasteiger charge is 2.45. The molecule has 7 rings (SSSR count). The van der Waals surface area contributed by atoms with E-state index in [9.17, 15) is 41.9 Å². The Morgan fingerprint density at radius 3 is 2.42 bits per heavy atom. The van der Waals surface area contributed by atoms with Crippen molar-refractivity contribution in [2.24, 2.45) is 5.73 Å². The van der Waals surface area contributed by atoms with Gasteiger partial charge in [0.25, 0.3) is 23.6 Å². The summed E-state index contributed by atoms with van der Waals surface area (Å²) in [5.41, 5.74) is 8.40. The summed E-state index contributed by atoms with van der Waals surface area (Å²) in [5.74, 6) is -3.39. The van der Waals surface area contributed by atoms with Crippen LogP contribution in [0.5, 0.6) is 0 Å². The molecule has 1 atom stereocenters. The first-order valence-corrected chi connectivity index (χ1v) is 19.7. The monoisotopic (exact) mass is 887 g/mol. The lowest BCUT2D eigenvalue weighted by Gasteiger charge is -2.27. The minimum atomic E-state index is -4.44. The lowest BCUT2D eigenvalue weighted by atomic mass is 10.0. The second kappa shape index (κ2) is 19.7. The summed E-state index contributed by atoms with van der Waals surface area (Å²) in [4.78, 5) is 84.9. The van der Waals surface area contributed by atoms with Crippen molar-refractivity contribution in [3.05, 3.63) is 101 Å². The van der Waals surface area contributed by atoms with E-state index in [1.807, 2.05) is 0 Å². The van der Waals surface area contributed by atoms with Gasteiger partial charge >= 0.3 is 6.18 Å². The molecule has 0 bridgehead atoms. The third-order valence-corrected chi connectivity index (χ3v) is 9.77. The standard InChI is InChI=1S/C41H40F3N11O9/c42-41(43,44)22-49-32-18-24(10-11-47-32)38-51-30(21-64-38)36(58)50-29-20-54(53-28(29)19-45)25-6-4-23(5-7-25)35(57)48-13-15-63-17-16-62-14-12-46-27-3-1-2-26-34(27)40(61)55(39(26)60)31-8-9-33(56)52-37(31)59/h1-7,10-11,18,20-21,31,46H,8-9,12-17,19,22,45H2,(H,47,49)(H,48,57)(H,50,58)(H,52,56,59). The lowest BCUT2D eigenvalue weighted by Crippen LogP contribution is -2.54. The van der Waals surface area contributed by atoms with Gasteiger partial charge in [0.15, 0.2) is 5.69 Å². The number of carbonyl (C=O) groups is 6. The molecule has 2 aromatic carbocycles. The van der Waals surface area contributed by atoms with Gasteiger partial charge in [0, 0.05) is 49.1 Å². The Bertz CT molecular complexity index is 2560. The van der Waals surface area contributed by atoms with Gasteiger partial charge in [-0.15, -0.1) is 0 Å². The number of amides is 6. The molecule has 20 nitrogen and oxygen atoms in total. The van der Waals surface area contributed by atoms with E-state index in [1.54, 1.807) is 36.4 Å². The topological polar surface area (TPSA) is 267 Å². The zero-order valence-corrected chi connectivity index (χ0v) is 33.7. The molecule has 1 fully saturated rings. The van der Waals surface area contributed by atoms with Gasteiger partial charge < -0.3 is 40.9 Å². The quantitative estimate of drug-likeness (QED) is 0.0514. The number of piperidine rings is 1. The number of fused-ring (bicyclic) bond motifs is 1. The molecule has 7 N–H and O–H groups in total. The minimum Gasteiger partial charge on any atom is -0.444 e. The molecule has 2 aliphatic rings. The summed E-state index contributed by atoms with van der Waals surface area (Å²) in [7, 11) is 0. The number of alkyl halides is 3. The van der Waals surface area contributed by atoms with Gasteiger partial charge in [0.05, 0.1) is 60.8 Å². The number of carbonyl (C=O) groups excluding carboxylic acids is 6. The molecule has 334 valence electrons. The highest BCUT2D eigenvalue weighted by atomic mass is 19.4. The Morgan fingerprint density at radius 2 is 1.69 bits per heavy atom. The van der Waals surface area contributed by atoms with Gasteiger partial charge in [-0.25, -0.2) is 14.6 Å². The maximum absolute atomic E-state index is 13.2. The maximum atomic E-state index is 13.2. The van der Waals surface area contributed by atoms with Gasteiger partial charge in [-0.2, -0.15) is 18.3 Å². The van der Waals surface area contributed by atoms with Crippen LogP contribution in [0.25, 0.3) is 17.1 Å². The predicted molar refractivity (Wildman–Crippen MR) is 219 cm³/mol. The molecule has 64 heavy (non-hydrogen) atoms. The SMILES string of the molecule is NCc1nn(-c2ccc(C(=O)NCCOCCOCCNc3cccc4c3C(=O)N(C3CCC(=O)NC3=O)C4=O)cc2)cc1NC(=O)c1coc(-c2ccnc(NCC(F)(F)F)c2)n1. The fraction of sp³-hybridized carbons (Fsp3) is 0.293. The van der Waals surface area contributed by atoms with E-state index >= 15 is 0 Å². The average Bonchev–Trinajstić information content (AvgIpc) is 4.00. The summed E-state index contributed by atoms with van der Waals surface area (Å²) in [5, 5.41) is 17.4. The number of imide groups is 2. The Hall–Kier alpha value is -7.50. The number of hydrogen-bond acceptors (Lipinski definition) is 15. The van der Waals surface area contributed by atoms with Gasteiger partial charge in [0.2, 0.25) is 17.7 Å². The van der Waals surface area contributed by atoms with Crippen LogP contribution in [0.3, 0.4) is 0 Å². The molecule has 0 radical (unpaired) electrons. The Balaban J connectivity index is 0.806. The smallest absolute Gasteiger partial charge is 0.405 e. The van der Waals surface area contributed by atoms with Crippen molar-refractivity contribution in [1.82, 2.24) is 35.3 Å². The van der Waals surface area contributed by atoms with Crippen LogP contribution in [0.4, 0.5) is 30.4 Å². The molecule has 23 heteroatoms. The number of aromatic nitrogens is 4. The largest absolute Gasteiger partial charge is 0.444 e. The van der Waals surface area contributed by atoms with Crippen LogP contribution in [0.2, 0.25) is 0 Å². The first-order chi connectivity index (χ1) is 30.8. The maximum Gasteiger partial charge on any atom is 0.405 e. The van der Waals surface area contributed by atoms with Crippen LogP contribution in [0, 0.1) is 0 Å². The van der Waals surface area contributed by atoms with Crippen molar-refractivity contribution < 1.29 is 55.8 Å². The third kappa shape index (κ3) is 10.6. The second-order valence-corrected chi connectivity index (χ2v) is 14.2.